The lowest BCUT2D eigenvalue weighted by Crippen LogP contribution is -2.27. The van der Waals surface area contributed by atoms with Crippen molar-refractivity contribution in [2.24, 2.45) is 0 Å². The number of aldehydes is 1. The van der Waals surface area contributed by atoms with Crippen LogP contribution >= 0.6 is 0 Å². The van der Waals surface area contributed by atoms with E-state index in [2.05, 4.69) is 32.5 Å². The number of ether oxygens (including phenoxy) is 2. The van der Waals surface area contributed by atoms with Crippen LogP contribution in [0.1, 0.15) is 39.5 Å². The predicted octanol–water partition coefficient (Wildman–Crippen LogP) is 3.30. The van der Waals surface area contributed by atoms with E-state index in [-0.39, 0.29) is 17.9 Å². The summed E-state index contributed by atoms with van der Waals surface area (Å²) in [5.41, 5.74) is 2.30. The lowest BCUT2D eigenvalue weighted by atomic mass is 10.2. The molecule has 2 N–H and O–H groups in total. The Hall–Kier alpha value is -3.37. The number of rotatable bonds is 14. The fourth-order valence-electron chi connectivity index (χ4n) is 3.39. The van der Waals surface area contributed by atoms with Gasteiger partial charge in [0.1, 0.15) is 11.8 Å². The molecule has 0 amide bonds. The van der Waals surface area contributed by atoms with Crippen molar-refractivity contribution >= 4 is 23.1 Å². The molecule has 0 fully saturated rings. The van der Waals surface area contributed by atoms with Crippen LogP contribution in [-0.4, -0.2) is 66.3 Å². The summed E-state index contributed by atoms with van der Waals surface area (Å²) in [6, 6.07) is 5.40. The smallest absolute Gasteiger partial charge is 0.293 e. The molecular weight excluding hydrogens is 460 g/mol. The fraction of sp³-hybridized carbons (Fsp3) is 0.500. The maximum Gasteiger partial charge on any atom is 0.293 e. The molecule has 0 atom stereocenters. The van der Waals surface area contributed by atoms with E-state index >= 15 is 0 Å². The summed E-state index contributed by atoms with van der Waals surface area (Å²) in [6.45, 7) is 6.79. The second-order valence-electron chi connectivity index (χ2n) is 8.04. The summed E-state index contributed by atoms with van der Waals surface area (Å²) in [4.78, 5) is 36.6. The molecule has 3 aromatic heterocycles. The molecule has 0 aromatic carbocycles. The highest BCUT2D eigenvalue weighted by atomic mass is 16.5. The number of hydrogen-bond donors (Lipinski definition) is 2. The first-order chi connectivity index (χ1) is 17.6. The molecule has 0 unspecified atom stereocenters. The summed E-state index contributed by atoms with van der Waals surface area (Å²) in [5, 5.41) is 5.85. The Bertz CT molecular complexity index is 1110. The minimum absolute atomic E-state index is 0.00309. The molecule has 0 aliphatic heterocycles. The Morgan fingerprint density at radius 3 is 2.56 bits per heavy atom. The van der Waals surface area contributed by atoms with Crippen LogP contribution in [0.15, 0.2) is 35.4 Å². The number of pyridine rings is 2. The maximum atomic E-state index is 12.9. The third-order valence-electron chi connectivity index (χ3n) is 5.26. The summed E-state index contributed by atoms with van der Waals surface area (Å²) in [5.74, 6) is 0.618. The maximum absolute atomic E-state index is 12.9. The lowest BCUT2D eigenvalue weighted by molar-refractivity contribution is -0.106. The van der Waals surface area contributed by atoms with Crippen LogP contribution in [0.2, 0.25) is 0 Å². The molecule has 3 rings (SSSR count). The highest BCUT2D eigenvalue weighted by Crippen LogP contribution is 2.22. The molecule has 3 heterocycles. The number of nitrogens with one attached hydrogen (secondary N) is 2. The number of carbonyl (C=O) groups excluding carboxylic acids is 1. The molecule has 0 bridgehead atoms. The number of anilines is 1. The highest BCUT2D eigenvalue weighted by molar-refractivity contribution is 5.80. The van der Waals surface area contributed by atoms with E-state index in [0.29, 0.717) is 48.7 Å². The third kappa shape index (κ3) is 8.69. The summed E-state index contributed by atoms with van der Waals surface area (Å²) in [7, 11) is 3.55. The van der Waals surface area contributed by atoms with Crippen LogP contribution in [-0.2, 0) is 16.1 Å². The zero-order valence-corrected chi connectivity index (χ0v) is 21.7. The second-order valence-corrected chi connectivity index (χ2v) is 8.04. The van der Waals surface area contributed by atoms with Crippen molar-refractivity contribution in [3.8, 4) is 17.1 Å². The van der Waals surface area contributed by atoms with Crippen molar-refractivity contribution < 1.29 is 14.3 Å². The van der Waals surface area contributed by atoms with E-state index in [4.69, 9.17) is 9.47 Å². The van der Waals surface area contributed by atoms with Gasteiger partial charge in [0.25, 0.3) is 5.56 Å². The Labute approximate surface area is 212 Å². The first-order valence-corrected chi connectivity index (χ1v) is 12.4. The standard InChI is InChI=1S/C20H23N5O4.C6H15N/c1-3-9-29-10-7-25-17-11-15(14-4-5-18(28-2)23-12-14)22-13-16(17)24-19(20(25)27)21-6-8-26;1-3-4-5-6-7-2/h4-5,8,11-13H,3,6-7,9-10H2,1-2H3,(H,21,24);7H,3-6H2,1-2H3. The van der Waals surface area contributed by atoms with Gasteiger partial charge in [-0.15, -0.1) is 0 Å². The van der Waals surface area contributed by atoms with E-state index in [1.54, 1.807) is 36.2 Å². The van der Waals surface area contributed by atoms with Crippen LogP contribution in [0.3, 0.4) is 0 Å². The van der Waals surface area contributed by atoms with Crippen LogP contribution in [0.4, 0.5) is 5.82 Å². The Kier molecular flexibility index (Phi) is 13.1. The normalized spacial score (nSPS) is 10.6. The van der Waals surface area contributed by atoms with Gasteiger partial charge in [0, 0.05) is 31.0 Å². The Morgan fingerprint density at radius 2 is 1.92 bits per heavy atom. The van der Waals surface area contributed by atoms with Crippen LogP contribution in [0.25, 0.3) is 22.3 Å². The molecule has 196 valence electrons. The van der Waals surface area contributed by atoms with E-state index in [1.165, 1.54) is 25.8 Å². The summed E-state index contributed by atoms with van der Waals surface area (Å²) < 4.78 is 12.2. The molecular formula is C26H38N6O4. The van der Waals surface area contributed by atoms with E-state index in [9.17, 15) is 9.59 Å². The minimum atomic E-state index is -0.315. The van der Waals surface area contributed by atoms with Crippen molar-refractivity contribution in [3.05, 3.63) is 40.9 Å². The fourth-order valence-corrected chi connectivity index (χ4v) is 3.39. The third-order valence-corrected chi connectivity index (χ3v) is 5.26. The van der Waals surface area contributed by atoms with E-state index < -0.39 is 0 Å². The largest absolute Gasteiger partial charge is 0.481 e. The van der Waals surface area contributed by atoms with Gasteiger partial charge < -0.3 is 29.5 Å². The lowest BCUT2D eigenvalue weighted by Gasteiger charge is -2.13. The monoisotopic (exact) mass is 498 g/mol. The zero-order chi connectivity index (χ0) is 26.2. The van der Waals surface area contributed by atoms with Crippen molar-refractivity contribution in [2.45, 2.75) is 46.1 Å². The highest BCUT2D eigenvalue weighted by Gasteiger charge is 2.13. The van der Waals surface area contributed by atoms with Gasteiger partial charge in [-0.05, 0) is 38.6 Å². The molecule has 0 saturated carbocycles. The quantitative estimate of drug-likeness (QED) is 0.255. The van der Waals surface area contributed by atoms with Gasteiger partial charge in [-0.1, -0.05) is 26.7 Å². The number of unbranched alkanes of at least 4 members (excludes halogenated alkanes) is 2. The summed E-state index contributed by atoms with van der Waals surface area (Å²) >= 11 is 0. The van der Waals surface area contributed by atoms with E-state index in [0.717, 1.165) is 12.0 Å². The van der Waals surface area contributed by atoms with Crippen LogP contribution < -0.4 is 20.9 Å². The molecule has 0 saturated heterocycles. The molecule has 10 heteroatoms. The minimum Gasteiger partial charge on any atom is -0.481 e. The molecule has 0 aliphatic carbocycles. The van der Waals surface area contributed by atoms with Gasteiger partial charge >= 0.3 is 0 Å². The number of aromatic nitrogens is 4. The molecule has 0 aliphatic rings. The van der Waals surface area contributed by atoms with Crippen molar-refractivity contribution in [3.63, 3.8) is 0 Å². The first-order valence-electron chi connectivity index (χ1n) is 12.4. The average Bonchev–Trinajstić information content (AvgIpc) is 2.91. The van der Waals surface area contributed by atoms with Crippen LogP contribution in [0.5, 0.6) is 5.88 Å². The number of methoxy groups -OCH3 is 1. The van der Waals surface area contributed by atoms with Crippen LogP contribution in [0, 0.1) is 0 Å². The summed E-state index contributed by atoms with van der Waals surface area (Å²) in [6.07, 6.45) is 8.85. The van der Waals surface area contributed by atoms with Gasteiger partial charge in [-0.3, -0.25) is 9.78 Å². The number of carbonyl (C=O) groups is 1. The number of hydrogen-bond acceptors (Lipinski definition) is 9. The van der Waals surface area contributed by atoms with Gasteiger partial charge in [-0.25, -0.2) is 9.97 Å². The van der Waals surface area contributed by atoms with Gasteiger partial charge in [0.2, 0.25) is 5.88 Å². The van der Waals surface area contributed by atoms with Gasteiger partial charge in [0.15, 0.2) is 5.82 Å². The van der Waals surface area contributed by atoms with Gasteiger partial charge in [0.05, 0.1) is 37.7 Å². The van der Waals surface area contributed by atoms with Crippen molar-refractivity contribution in [1.29, 1.82) is 0 Å². The Balaban J connectivity index is 0.000000572. The van der Waals surface area contributed by atoms with Crippen molar-refractivity contribution in [1.82, 2.24) is 24.8 Å². The molecule has 3 aromatic rings. The van der Waals surface area contributed by atoms with Gasteiger partial charge in [-0.2, -0.15) is 0 Å². The molecule has 0 spiro atoms. The Morgan fingerprint density at radius 1 is 1.08 bits per heavy atom. The average molecular weight is 499 g/mol. The van der Waals surface area contributed by atoms with E-state index in [1.807, 2.05) is 20.0 Å². The second kappa shape index (κ2) is 16.3. The van der Waals surface area contributed by atoms with Crippen molar-refractivity contribution in [2.75, 3.05) is 45.8 Å². The number of fused-ring (bicyclic) bond motifs is 1. The molecule has 10 nitrogen and oxygen atoms in total. The topological polar surface area (TPSA) is 120 Å². The zero-order valence-electron chi connectivity index (χ0n) is 21.7. The molecule has 36 heavy (non-hydrogen) atoms. The molecule has 0 radical (unpaired) electrons. The first kappa shape index (κ1) is 28.9. The SMILES string of the molecule is CCCCCNC.CCCOCCn1c(=O)c(NCC=O)nc2cnc(-c3ccc(OC)nc3)cc21. The number of nitrogens with zero attached hydrogens (tertiary/aromatic N) is 4. The predicted molar refractivity (Wildman–Crippen MR) is 143 cm³/mol.